The van der Waals surface area contributed by atoms with E-state index < -0.39 is 0 Å². The molecule has 0 saturated carbocycles. The van der Waals surface area contributed by atoms with Gasteiger partial charge < -0.3 is 14.4 Å². The largest absolute Gasteiger partial charge is 0.328 e. The first-order valence-corrected chi connectivity index (χ1v) is 10.3. The molecular weight excluding hydrogens is 355 g/mol. The molecule has 5 nitrogen and oxygen atoms in total. The minimum absolute atomic E-state index is 0.153. The third kappa shape index (κ3) is 4.72. The summed E-state index contributed by atoms with van der Waals surface area (Å²) in [6, 6.07) is 6.80. The molecule has 1 aliphatic rings. The summed E-state index contributed by atoms with van der Waals surface area (Å²) in [5, 5.41) is 0. The smallest absolute Gasteiger partial charge is 0.319 e. The van der Waals surface area contributed by atoms with Gasteiger partial charge in [0.15, 0.2) is 0 Å². The Morgan fingerprint density at radius 2 is 1.96 bits per heavy atom. The lowest BCUT2D eigenvalue weighted by molar-refractivity contribution is 0.131. The van der Waals surface area contributed by atoms with Crippen molar-refractivity contribution in [3.63, 3.8) is 0 Å². The summed E-state index contributed by atoms with van der Waals surface area (Å²) in [5.41, 5.74) is 2.16. The second kappa shape index (κ2) is 9.22. The van der Waals surface area contributed by atoms with Gasteiger partial charge in [0.05, 0.1) is 0 Å². The van der Waals surface area contributed by atoms with E-state index in [0.29, 0.717) is 12.5 Å². The van der Waals surface area contributed by atoms with E-state index in [1.165, 1.54) is 12.1 Å². The van der Waals surface area contributed by atoms with Gasteiger partial charge in [0, 0.05) is 51.0 Å². The van der Waals surface area contributed by atoms with E-state index in [1.807, 2.05) is 42.0 Å². The minimum atomic E-state index is -0.216. The number of nitrogens with zero attached hydrogens (tertiary/aromatic N) is 4. The molecule has 0 N–H and O–H groups in total. The molecule has 1 aromatic carbocycles. The van der Waals surface area contributed by atoms with E-state index >= 15 is 0 Å². The summed E-state index contributed by atoms with van der Waals surface area (Å²) >= 11 is 0. The number of hydrogen-bond donors (Lipinski definition) is 0. The Labute approximate surface area is 167 Å². The highest BCUT2D eigenvalue weighted by Crippen LogP contribution is 2.22. The van der Waals surface area contributed by atoms with Crippen molar-refractivity contribution in [1.82, 2.24) is 19.4 Å². The van der Waals surface area contributed by atoms with E-state index in [1.54, 1.807) is 0 Å². The van der Waals surface area contributed by atoms with Crippen molar-refractivity contribution in [3.8, 4) is 0 Å². The maximum atomic E-state index is 13.2. The molecule has 1 unspecified atom stereocenters. The fourth-order valence-corrected chi connectivity index (χ4v) is 4.02. The molecule has 152 valence electrons. The van der Waals surface area contributed by atoms with Crippen LogP contribution < -0.4 is 0 Å². The highest BCUT2D eigenvalue weighted by molar-refractivity contribution is 5.74. The van der Waals surface area contributed by atoms with Gasteiger partial charge in [-0.2, -0.15) is 0 Å². The maximum absolute atomic E-state index is 13.2. The molecule has 0 radical (unpaired) electrons. The summed E-state index contributed by atoms with van der Waals surface area (Å²) in [6.07, 6.45) is 4.91. The van der Waals surface area contributed by atoms with Crippen LogP contribution in [0.4, 0.5) is 9.18 Å². The fraction of sp³-hybridized carbons (Fsp3) is 0.545. The van der Waals surface area contributed by atoms with E-state index in [4.69, 9.17) is 0 Å². The standard InChI is InChI=1S/C22H31FN4O/c1-4-25(5-2)22(28)26-12-6-7-19(15-26)13-21-24-14-17(3)27(21)16-18-8-10-20(23)11-9-18/h8-11,14,19H,4-7,12-13,15-16H2,1-3H3. The molecule has 0 spiro atoms. The Bertz CT molecular complexity index is 782. The predicted molar refractivity (Wildman–Crippen MR) is 109 cm³/mol. The lowest BCUT2D eigenvalue weighted by atomic mass is 9.94. The predicted octanol–water partition coefficient (Wildman–Crippen LogP) is 4.10. The number of piperidine rings is 1. The van der Waals surface area contributed by atoms with Gasteiger partial charge in [-0.25, -0.2) is 14.2 Å². The molecule has 6 heteroatoms. The van der Waals surface area contributed by atoms with Crippen LogP contribution in [0.5, 0.6) is 0 Å². The Morgan fingerprint density at radius 1 is 1.25 bits per heavy atom. The second-order valence-electron chi connectivity index (χ2n) is 7.64. The first-order chi connectivity index (χ1) is 13.5. The van der Waals surface area contributed by atoms with Crippen molar-refractivity contribution in [2.45, 2.75) is 46.6 Å². The normalized spacial score (nSPS) is 17.0. The van der Waals surface area contributed by atoms with Crippen LogP contribution in [-0.4, -0.2) is 51.6 Å². The topological polar surface area (TPSA) is 41.4 Å². The second-order valence-corrected chi connectivity index (χ2v) is 7.64. The average Bonchev–Trinajstić information content (AvgIpc) is 3.04. The molecule has 2 amide bonds. The molecule has 1 atom stereocenters. The molecular formula is C22H31FN4O. The molecule has 28 heavy (non-hydrogen) atoms. The van der Waals surface area contributed by atoms with Gasteiger partial charge in [-0.1, -0.05) is 12.1 Å². The van der Waals surface area contributed by atoms with Crippen molar-refractivity contribution >= 4 is 6.03 Å². The van der Waals surface area contributed by atoms with E-state index in [-0.39, 0.29) is 11.8 Å². The number of halogens is 1. The Hall–Kier alpha value is -2.37. The molecule has 1 saturated heterocycles. The van der Waals surface area contributed by atoms with E-state index in [2.05, 4.69) is 16.5 Å². The lowest BCUT2D eigenvalue weighted by Crippen LogP contribution is -2.47. The zero-order chi connectivity index (χ0) is 20.1. The number of hydrogen-bond acceptors (Lipinski definition) is 2. The van der Waals surface area contributed by atoms with E-state index in [0.717, 1.165) is 62.5 Å². The highest BCUT2D eigenvalue weighted by atomic mass is 19.1. The Kier molecular flexibility index (Phi) is 6.70. The van der Waals surface area contributed by atoms with E-state index in [9.17, 15) is 9.18 Å². The number of urea groups is 1. The minimum Gasteiger partial charge on any atom is -0.328 e. The number of carbonyl (C=O) groups excluding carboxylic acids is 1. The number of aromatic nitrogens is 2. The maximum Gasteiger partial charge on any atom is 0.319 e. The fourth-order valence-electron chi connectivity index (χ4n) is 4.02. The summed E-state index contributed by atoms with van der Waals surface area (Å²) in [5.74, 6) is 1.25. The number of likely N-dealkylation sites (tertiary alicyclic amines) is 1. The molecule has 1 fully saturated rings. The molecule has 1 aromatic heterocycles. The third-order valence-corrected chi connectivity index (χ3v) is 5.69. The summed E-state index contributed by atoms with van der Waals surface area (Å²) in [7, 11) is 0. The Morgan fingerprint density at radius 3 is 2.64 bits per heavy atom. The molecule has 0 bridgehead atoms. The van der Waals surface area contributed by atoms with Gasteiger partial charge in [-0.05, 0) is 57.2 Å². The van der Waals surface area contributed by atoms with Crippen molar-refractivity contribution in [3.05, 3.63) is 53.4 Å². The van der Waals surface area contributed by atoms with Gasteiger partial charge in [-0.15, -0.1) is 0 Å². The number of imidazole rings is 1. The summed E-state index contributed by atoms with van der Waals surface area (Å²) in [6.45, 7) is 9.92. The van der Waals surface area contributed by atoms with Crippen LogP contribution in [0.2, 0.25) is 0 Å². The van der Waals surface area contributed by atoms with Crippen molar-refractivity contribution < 1.29 is 9.18 Å². The average molecular weight is 387 g/mol. The Balaban J connectivity index is 1.68. The molecule has 0 aliphatic carbocycles. The first-order valence-electron chi connectivity index (χ1n) is 10.3. The van der Waals surface area contributed by atoms with Crippen molar-refractivity contribution in [2.24, 2.45) is 5.92 Å². The van der Waals surface area contributed by atoms with Gasteiger partial charge in [0.1, 0.15) is 11.6 Å². The lowest BCUT2D eigenvalue weighted by Gasteiger charge is -2.36. The monoisotopic (exact) mass is 386 g/mol. The van der Waals surface area contributed by atoms with Crippen LogP contribution in [0.1, 0.15) is 43.8 Å². The molecule has 3 rings (SSSR count). The van der Waals surface area contributed by atoms with Crippen LogP contribution in [-0.2, 0) is 13.0 Å². The van der Waals surface area contributed by atoms with Crippen molar-refractivity contribution in [2.75, 3.05) is 26.2 Å². The third-order valence-electron chi connectivity index (χ3n) is 5.69. The number of rotatable bonds is 6. The molecule has 2 aromatic rings. The van der Waals surface area contributed by atoms with Crippen molar-refractivity contribution in [1.29, 1.82) is 0 Å². The molecule has 2 heterocycles. The number of benzene rings is 1. The molecule has 1 aliphatic heterocycles. The van der Waals surface area contributed by atoms with Crippen LogP contribution in [0, 0.1) is 18.7 Å². The zero-order valence-electron chi connectivity index (χ0n) is 17.2. The summed E-state index contributed by atoms with van der Waals surface area (Å²) < 4.78 is 15.4. The van der Waals surface area contributed by atoms with Crippen LogP contribution in [0.3, 0.4) is 0 Å². The quantitative estimate of drug-likeness (QED) is 0.750. The highest BCUT2D eigenvalue weighted by Gasteiger charge is 2.27. The summed E-state index contributed by atoms with van der Waals surface area (Å²) in [4.78, 5) is 21.2. The van der Waals surface area contributed by atoms with Gasteiger partial charge in [0.2, 0.25) is 0 Å². The van der Waals surface area contributed by atoms with Gasteiger partial charge in [0.25, 0.3) is 0 Å². The number of aryl methyl sites for hydroxylation is 1. The van der Waals surface area contributed by atoms with Crippen LogP contribution >= 0.6 is 0 Å². The van der Waals surface area contributed by atoms with Gasteiger partial charge >= 0.3 is 6.03 Å². The SMILES string of the molecule is CCN(CC)C(=O)N1CCCC(Cc2ncc(C)n2Cc2ccc(F)cc2)C1. The zero-order valence-corrected chi connectivity index (χ0v) is 17.2. The first kappa shape index (κ1) is 20.4. The van der Waals surface area contributed by atoms with Crippen LogP contribution in [0.25, 0.3) is 0 Å². The number of amides is 2. The number of carbonyl (C=O) groups is 1. The van der Waals surface area contributed by atoms with Crippen LogP contribution in [0.15, 0.2) is 30.5 Å². The van der Waals surface area contributed by atoms with Gasteiger partial charge in [-0.3, -0.25) is 0 Å².